The first-order valence-electron chi connectivity index (χ1n) is 36.1. The van der Waals surface area contributed by atoms with Crippen molar-refractivity contribution in [2.45, 2.75) is 181 Å². The molecule has 25 N–H and O–H groups in total. The number of aliphatic hydroxyl groups excluding tert-OH is 5. The van der Waals surface area contributed by atoms with Gasteiger partial charge in [-0.25, -0.2) is 4.79 Å². The fourth-order valence-electron chi connectivity index (χ4n) is 13.8. The van der Waals surface area contributed by atoms with Gasteiger partial charge in [-0.05, 0) is 117 Å². The molecular formula is C72H86Cl2N10O32P2. The first-order chi connectivity index (χ1) is 55.3. The number of nitrogens with two attached hydrogens (primary N) is 2. The number of aliphatic carboxylic acids is 1. The van der Waals surface area contributed by atoms with Gasteiger partial charge in [0.05, 0.1) is 41.3 Å². The lowest BCUT2D eigenvalue weighted by Crippen LogP contribution is -2.64. The molecule has 2 saturated heterocycles. The molecule has 2 fully saturated rings. The maximum absolute atomic E-state index is 16.3. The van der Waals surface area contributed by atoms with Crippen LogP contribution in [0.5, 0.6) is 46.0 Å². The van der Waals surface area contributed by atoms with Crippen molar-refractivity contribution >= 4 is 97.6 Å². The van der Waals surface area contributed by atoms with Gasteiger partial charge in [0, 0.05) is 47.6 Å². The number of esters is 1. The standard InChI is InChI=1S/C72H86Cl2N10O32P2/c1-26(2)15-37(77-5)63(96)84-55-59(114-48(91)8-6-7-47(90)79-71(117(104,105)106)118(107,108)109)30-11-14-42(36(74)18-30)112-44-20-31-19-43(60(44)116-70-61(58(94)57(93)45(25-85)113-70)115-49-24-72(4,76)62(95)27(3)110-49)111-41-13-10-29(17-35(41)73)56(92)54-67(100)82-53(69(102)103)34-21-32(86)22-40(88)50(34)33-16-28(9-12-39(33)87)51(65(98)83-54)81-66(99)52(31)80-64(97)38(23-46(75)89)78-68(55)101/h9-14,16-22,26-27,37-38,45,49,51-59,61-62,70-71,77,85-88,92-95H,6-8,15,23-25,76H2,1-5H3,(H2,75,89)(H,78,101)(H,79,90)(H,80,97)(H,81,99)(H,82,100)(H,83,98)(H,84,96)(H,102,103)(H2,104,105,106)(H2,107,108,109)/t27-,37+,38-,45+,49-,51+,52+,53-,54-,55+,56+,57+,58-,59+,61+,62+,70-,72-/m0/s1. The van der Waals surface area contributed by atoms with Crippen LogP contribution in [0.3, 0.4) is 0 Å². The van der Waals surface area contributed by atoms with Crippen molar-refractivity contribution in [3.05, 3.63) is 117 Å². The number of primary amides is 1. The molecule has 42 nitrogen and oxygen atoms in total. The first kappa shape index (κ1) is 90.4. The van der Waals surface area contributed by atoms with Gasteiger partial charge in [0.2, 0.25) is 64.8 Å². The van der Waals surface area contributed by atoms with Crippen LogP contribution >= 0.6 is 38.4 Å². The van der Waals surface area contributed by atoms with E-state index < -0.39 is 305 Å². The number of carboxylic acid groups (broad SMARTS) is 1. The number of phenolic OH excluding ortho intramolecular Hbond substituents is 3. The van der Waals surface area contributed by atoms with Gasteiger partial charge in [0.15, 0.2) is 36.0 Å². The number of hydrogen-bond donors (Lipinski definition) is 23. The monoisotopic (exact) mass is 1730 g/mol. The number of carboxylic acids is 1. The summed E-state index contributed by atoms with van der Waals surface area (Å²) >= 11 is 14.3. The van der Waals surface area contributed by atoms with E-state index in [-0.39, 0.29) is 29.9 Å². The second-order valence-corrected chi connectivity index (χ2v) is 33.8. The molecule has 0 saturated carbocycles. The van der Waals surface area contributed by atoms with Crippen molar-refractivity contribution in [2.24, 2.45) is 17.4 Å². The lowest BCUT2D eigenvalue weighted by molar-refractivity contribution is -0.333. The van der Waals surface area contributed by atoms with Gasteiger partial charge < -0.3 is 153 Å². The molecule has 0 unspecified atom stereocenters. The molecule has 0 radical (unpaired) electrons. The average molecular weight is 1740 g/mol. The number of amides is 8. The van der Waals surface area contributed by atoms with E-state index in [9.17, 15) is 103 Å². The molecule has 46 heteroatoms. The largest absolute Gasteiger partial charge is 0.508 e. The van der Waals surface area contributed by atoms with E-state index in [1.807, 2.05) is 0 Å². The number of nitrogens with one attached hydrogen (secondary N) is 8. The third-order valence-corrected chi connectivity index (χ3v) is 23.6. The van der Waals surface area contributed by atoms with Crippen LogP contribution in [0.15, 0.2) is 78.9 Å². The number of carbonyl (C=O) groups excluding carboxylic acids is 9. The zero-order valence-corrected chi connectivity index (χ0v) is 66.1. The third kappa shape index (κ3) is 20.7. The maximum atomic E-state index is 16.3. The van der Waals surface area contributed by atoms with Crippen molar-refractivity contribution in [1.82, 2.24) is 42.5 Å². The molecule has 5 aromatic rings. The highest BCUT2D eigenvalue weighted by Crippen LogP contribution is 2.58. The highest BCUT2D eigenvalue weighted by molar-refractivity contribution is 7.70. The zero-order valence-electron chi connectivity index (χ0n) is 62.8. The number of hydrogen-bond acceptors (Lipinski definition) is 29. The van der Waals surface area contributed by atoms with Crippen LogP contribution < -0.4 is 68.2 Å². The summed E-state index contributed by atoms with van der Waals surface area (Å²) in [6.07, 6.45) is -22.3. The zero-order chi connectivity index (χ0) is 86.8. The van der Waals surface area contributed by atoms with Crippen molar-refractivity contribution in [3.63, 3.8) is 0 Å². The van der Waals surface area contributed by atoms with Gasteiger partial charge in [-0.3, -0.25) is 52.3 Å². The van der Waals surface area contributed by atoms with E-state index in [4.69, 9.17) is 67.8 Å². The summed E-state index contributed by atoms with van der Waals surface area (Å²) in [5, 5.41) is 120. The minimum absolute atomic E-state index is 0.0442. The minimum Gasteiger partial charge on any atom is -0.508 e. The van der Waals surface area contributed by atoms with Crippen molar-refractivity contribution < 1.29 is 156 Å². The van der Waals surface area contributed by atoms with Crippen molar-refractivity contribution in [1.29, 1.82) is 0 Å². The topological polar surface area (TPSA) is 681 Å². The summed E-state index contributed by atoms with van der Waals surface area (Å²) in [4.78, 5) is 185. The van der Waals surface area contributed by atoms with Crippen LogP contribution in [0.1, 0.15) is 124 Å². The third-order valence-electron chi connectivity index (χ3n) is 19.7. The van der Waals surface area contributed by atoms with Crippen LogP contribution in [0.25, 0.3) is 11.1 Å². The quantitative estimate of drug-likeness (QED) is 0.0328. The number of ether oxygens (including phenoxy) is 7. The predicted octanol–water partition coefficient (Wildman–Crippen LogP) is -0.417. The number of aliphatic hydroxyl groups is 5. The molecular weight excluding hydrogens is 1650 g/mol. The molecule has 12 rings (SSSR count). The number of benzene rings is 5. The molecule has 7 aliphatic heterocycles. The van der Waals surface area contributed by atoms with Crippen molar-refractivity contribution in [2.75, 3.05) is 13.7 Å². The summed E-state index contributed by atoms with van der Waals surface area (Å²) < 4.78 is 68.5. The maximum Gasteiger partial charge on any atom is 0.360 e. The highest BCUT2D eigenvalue weighted by Gasteiger charge is 2.52. The molecule has 11 bridgehead atoms. The van der Waals surface area contributed by atoms with E-state index in [0.717, 1.165) is 78.9 Å². The Kier molecular flexibility index (Phi) is 28.2. The van der Waals surface area contributed by atoms with Gasteiger partial charge in [-0.2, -0.15) is 0 Å². The number of carbonyl (C=O) groups is 10. The van der Waals surface area contributed by atoms with Crippen LogP contribution in [-0.4, -0.2) is 223 Å². The fraction of sp³-hybridized carbons (Fsp3) is 0.444. The Morgan fingerprint density at radius 1 is 0.712 bits per heavy atom. The van der Waals surface area contributed by atoms with Crippen LogP contribution in [0.4, 0.5) is 0 Å². The number of likely N-dealkylation sites (N-methyl/N-ethyl adjacent to an activating group) is 1. The number of rotatable bonds is 21. The molecule has 5 aromatic carbocycles. The summed E-state index contributed by atoms with van der Waals surface area (Å²) in [7, 11) is -10.1. The summed E-state index contributed by atoms with van der Waals surface area (Å²) in [6, 6.07) is -2.70. The summed E-state index contributed by atoms with van der Waals surface area (Å²) in [5.74, 6) is -20.6. The second kappa shape index (κ2) is 36.7. The Bertz CT molecular complexity index is 4820. The Hall–Kier alpha value is -9.92. The van der Waals surface area contributed by atoms with Gasteiger partial charge in [-0.1, -0.05) is 55.2 Å². The average Bonchev–Trinajstić information content (AvgIpc) is 0.763. The van der Waals surface area contributed by atoms with E-state index in [0.29, 0.717) is 0 Å². The number of aromatic hydroxyl groups is 3. The van der Waals surface area contributed by atoms with E-state index in [1.54, 1.807) is 19.2 Å². The lowest BCUT2D eigenvalue weighted by atomic mass is 9.86. The molecule has 0 aliphatic carbocycles. The molecule has 0 spiro atoms. The number of phenols is 3. The van der Waals surface area contributed by atoms with E-state index >= 15 is 19.2 Å². The van der Waals surface area contributed by atoms with Gasteiger partial charge in [0.1, 0.15) is 83.4 Å². The van der Waals surface area contributed by atoms with Crippen LogP contribution in [0, 0.1) is 5.92 Å². The second-order valence-electron chi connectivity index (χ2n) is 29.2. The lowest BCUT2D eigenvalue weighted by Gasteiger charge is -2.47. The first-order valence-corrected chi connectivity index (χ1v) is 40.3. The van der Waals surface area contributed by atoms with Crippen LogP contribution in [-0.2, 0) is 76.0 Å². The minimum atomic E-state index is -5.73. The van der Waals surface area contributed by atoms with Crippen LogP contribution in [0.2, 0.25) is 10.0 Å². The summed E-state index contributed by atoms with van der Waals surface area (Å²) in [5.41, 5.74) is 4.43. The highest BCUT2D eigenvalue weighted by atomic mass is 35.5. The molecule has 118 heavy (non-hydrogen) atoms. The fourth-order valence-corrected chi connectivity index (χ4v) is 16.4. The molecule has 18 atom stereocenters. The Morgan fingerprint density at radius 2 is 1.31 bits per heavy atom. The molecule has 7 aliphatic rings. The Balaban J connectivity index is 1.23. The smallest absolute Gasteiger partial charge is 0.360 e. The van der Waals surface area contributed by atoms with Gasteiger partial charge in [-0.15, -0.1) is 0 Å². The Labute approximate surface area is 678 Å². The van der Waals surface area contributed by atoms with Gasteiger partial charge >= 0.3 is 27.1 Å². The molecule has 8 amide bonds. The van der Waals surface area contributed by atoms with E-state index in [2.05, 4.69) is 37.2 Å². The van der Waals surface area contributed by atoms with E-state index in [1.165, 1.54) is 20.9 Å². The molecule has 7 heterocycles. The SMILES string of the molecule is CN[C@H](CC(C)C)C(=O)N[C@H]1C(=O)N[C@@H](CC(N)=O)C(=O)N[C@H]2C(=O)N[C@H]3C(=O)N[C@H](C(=O)N[C@H](C(=O)O)c4cc(O)cc(O)c4-c4cc3ccc4O)[C@H](O)c3ccc(c(Cl)c3)Oc3cc2cc(c3O[C@@H]2O[C@H](CO)[C@@H](O)[C@H](O)[C@H]2O[C@H]2C[C@](C)(N)[C@H](O)[C@H](C)O2)Oc2ccc(cc2Cl)[C@H]1OC(=O)CCCC(=O)NC(P(=O)(O)O)P(=O)(O)O. The Morgan fingerprint density at radius 3 is 1.90 bits per heavy atom. The predicted molar refractivity (Wildman–Crippen MR) is 403 cm³/mol. The van der Waals surface area contributed by atoms with Crippen molar-refractivity contribution in [3.8, 4) is 57.1 Å². The molecule has 0 aromatic heterocycles. The normalized spacial score (nSPS) is 27.1. The number of halogens is 2. The summed E-state index contributed by atoms with van der Waals surface area (Å²) in [6.45, 7) is 5.32. The molecule has 640 valence electrons. The number of fused-ring (bicyclic) bond motifs is 15. The van der Waals surface area contributed by atoms with Gasteiger partial charge in [0.25, 0.3) is 0 Å².